The molecule has 146 valence electrons. The molecule has 1 heterocycles. The number of nitrogens with zero attached hydrogens (tertiary/aromatic N) is 2. The van der Waals surface area contributed by atoms with Gasteiger partial charge in [-0.25, -0.2) is 9.78 Å². The number of hydrogen-bond acceptors (Lipinski definition) is 3. The molecule has 28 heavy (non-hydrogen) atoms. The summed E-state index contributed by atoms with van der Waals surface area (Å²) in [4.78, 5) is 29.3. The first-order chi connectivity index (χ1) is 13.1. The molecule has 0 aliphatic carbocycles. The minimum atomic E-state index is -0.329. The van der Waals surface area contributed by atoms with Crippen LogP contribution < -0.4 is 16.2 Å². The van der Waals surface area contributed by atoms with E-state index in [1.54, 1.807) is 23.6 Å². The number of rotatable bonds is 3. The van der Waals surface area contributed by atoms with Crippen LogP contribution in [0, 0.1) is 13.8 Å². The maximum Gasteiger partial charge on any atom is 0.319 e. The van der Waals surface area contributed by atoms with Crippen molar-refractivity contribution < 1.29 is 4.79 Å². The summed E-state index contributed by atoms with van der Waals surface area (Å²) < 4.78 is 1.73. The zero-order chi connectivity index (χ0) is 20.5. The van der Waals surface area contributed by atoms with E-state index in [-0.39, 0.29) is 17.1 Å². The van der Waals surface area contributed by atoms with Crippen LogP contribution in [0.15, 0.2) is 47.3 Å². The lowest BCUT2D eigenvalue weighted by Gasteiger charge is -2.21. The fraction of sp³-hybridized carbons (Fsp3) is 0.318. The summed E-state index contributed by atoms with van der Waals surface area (Å²) in [6, 6.07) is 13.2. The van der Waals surface area contributed by atoms with E-state index >= 15 is 0 Å². The molecule has 0 atom stereocenters. The number of amides is 2. The number of anilines is 1. The third-order valence-electron chi connectivity index (χ3n) is 4.28. The van der Waals surface area contributed by atoms with Gasteiger partial charge in [-0.15, -0.1) is 0 Å². The molecule has 2 amide bonds. The number of aromatic nitrogens is 2. The van der Waals surface area contributed by atoms with Crippen LogP contribution in [0.2, 0.25) is 0 Å². The fourth-order valence-corrected chi connectivity index (χ4v) is 3.11. The minimum absolute atomic E-state index is 0.111. The number of benzene rings is 2. The van der Waals surface area contributed by atoms with Crippen molar-refractivity contribution in [3.63, 3.8) is 0 Å². The largest absolute Gasteiger partial charge is 0.333 e. The molecule has 6 heteroatoms. The maximum absolute atomic E-state index is 12.7. The summed E-state index contributed by atoms with van der Waals surface area (Å²) in [5.41, 5.74) is 4.22. The number of urea groups is 1. The monoisotopic (exact) mass is 378 g/mol. The summed E-state index contributed by atoms with van der Waals surface area (Å²) in [5, 5.41) is 5.68. The van der Waals surface area contributed by atoms with Crippen molar-refractivity contribution in [2.45, 2.75) is 46.7 Å². The van der Waals surface area contributed by atoms with Crippen molar-refractivity contribution in [3.05, 3.63) is 69.6 Å². The van der Waals surface area contributed by atoms with Crippen molar-refractivity contribution in [1.82, 2.24) is 14.9 Å². The van der Waals surface area contributed by atoms with E-state index in [0.717, 1.165) is 16.6 Å². The van der Waals surface area contributed by atoms with Crippen LogP contribution in [-0.4, -0.2) is 21.1 Å². The van der Waals surface area contributed by atoms with Gasteiger partial charge in [0.15, 0.2) is 0 Å². The number of nitrogens with one attached hydrogen (secondary N) is 2. The van der Waals surface area contributed by atoms with Crippen molar-refractivity contribution in [2.75, 3.05) is 5.32 Å². The highest BCUT2D eigenvalue weighted by molar-refractivity contribution is 5.92. The Hall–Kier alpha value is -3.15. The number of carbonyl (C=O) groups is 1. The summed E-state index contributed by atoms with van der Waals surface area (Å²) in [6.07, 6.45) is 0. The molecular weight excluding hydrogens is 352 g/mol. The Morgan fingerprint density at radius 1 is 1.11 bits per heavy atom. The highest BCUT2D eigenvalue weighted by Gasteiger charge is 2.14. The zero-order valence-electron chi connectivity index (χ0n) is 17.0. The number of fused-ring (bicyclic) bond motifs is 1. The van der Waals surface area contributed by atoms with E-state index in [9.17, 15) is 9.59 Å². The summed E-state index contributed by atoms with van der Waals surface area (Å²) in [7, 11) is 0. The van der Waals surface area contributed by atoms with Crippen molar-refractivity contribution >= 4 is 22.8 Å². The van der Waals surface area contributed by atoms with Gasteiger partial charge in [0.1, 0.15) is 5.69 Å². The van der Waals surface area contributed by atoms with Crippen LogP contribution in [0.4, 0.5) is 10.5 Å². The molecule has 3 rings (SSSR count). The molecule has 0 radical (unpaired) electrons. The van der Waals surface area contributed by atoms with E-state index in [1.807, 2.05) is 52.0 Å². The highest BCUT2D eigenvalue weighted by Crippen LogP contribution is 2.18. The average Bonchev–Trinajstić information content (AvgIpc) is 2.57. The van der Waals surface area contributed by atoms with Gasteiger partial charge in [-0.3, -0.25) is 4.79 Å². The van der Waals surface area contributed by atoms with E-state index in [4.69, 9.17) is 0 Å². The van der Waals surface area contributed by atoms with Crippen LogP contribution in [0.3, 0.4) is 0 Å². The Morgan fingerprint density at radius 3 is 2.54 bits per heavy atom. The van der Waals surface area contributed by atoms with Gasteiger partial charge in [0, 0.05) is 11.2 Å². The maximum atomic E-state index is 12.7. The molecular formula is C22H26N4O2. The van der Waals surface area contributed by atoms with Crippen molar-refractivity contribution in [1.29, 1.82) is 0 Å². The lowest BCUT2D eigenvalue weighted by atomic mass is 10.1. The Morgan fingerprint density at radius 2 is 1.86 bits per heavy atom. The predicted octanol–water partition coefficient (Wildman–Crippen LogP) is 3.98. The third kappa shape index (κ3) is 4.57. The molecule has 2 N–H and O–H groups in total. The van der Waals surface area contributed by atoms with Gasteiger partial charge >= 0.3 is 6.03 Å². The molecule has 0 fully saturated rings. The van der Waals surface area contributed by atoms with Crippen LogP contribution in [0.25, 0.3) is 11.0 Å². The first-order valence-corrected chi connectivity index (χ1v) is 9.28. The average molecular weight is 378 g/mol. The molecule has 2 aromatic carbocycles. The minimum Gasteiger partial charge on any atom is -0.333 e. The smallest absolute Gasteiger partial charge is 0.319 e. The predicted molar refractivity (Wildman–Crippen MR) is 113 cm³/mol. The molecule has 0 unspecified atom stereocenters. The van der Waals surface area contributed by atoms with Crippen LogP contribution in [0.5, 0.6) is 0 Å². The topological polar surface area (TPSA) is 76.0 Å². The Balaban J connectivity index is 1.98. The van der Waals surface area contributed by atoms with E-state index in [2.05, 4.69) is 21.7 Å². The molecule has 0 bridgehead atoms. The molecule has 0 saturated carbocycles. The molecule has 1 aromatic heterocycles. The van der Waals surface area contributed by atoms with Gasteiger partial charge < -0.3 is 15.2 Å². The number of hydrogen-bond donors (Lipinski definition) is 2. The first kappa shape index (κ1) is 19.6. The molecule has 6 nitrogen and oxygen atoms in total. The first-order valence-electron chi connectivity index (χ1n) is 9.28. The molecule has 3 aromatic rings. The normalized spacial score (nSPS) is 11.5. The van der Waals surface area contributed by atoms with Gasteiger partial charge in [0.25, 0.3) is 5.56 Å². The molecule has 0 aliphatic heterocycles. The number of carbonyl (C=O) groups excluding carboxylic acids is 1. The number of aryl methyl sites for hydroxylation is 2. The Kier molecular flexibility index (Phi) is 5.23. The molecule has 0 spiro atoms. The SMILES string of the molecule is Cc1cccc(Cn2c(=O)c(C)nc3cc(NC(=O)NC(C)(C)C)ccc32)c1. The van der Waals surface area contributed by atoms with E-state index in [1.165, 1.54) is 0 Å². The van der Waals surface area contributed by atoms with Crippen LogP contribution in [0.1, 0.15) is 37.6 Å². The standard InChI is InChI=1S/C22H26N4O2/c1-14-7-6-8-16(11-14)13-26-19-10-9-17(24-21(28)25-22(3,4)5)12-18(19)23-15(2)20(26)27/h6-12H,13H2,1-5H3,(H2,24,25,28). The second-order valence-corrected chi connectivity index (χ2v) is 8.11. The third-order valence-corrected chi connectivity index (χ3v) is 4.28. The fourth-order valence-electron chi connectivity index (χ4n) is 3.11. The quantitative estimate of drug-likeness (QED) is 0.724. The lowest BCUT2D eigenvalue weighted by Crippen LogP contribution is -2.43. The highest BCUT2D eigenvalue weighted by atomic mass is 16.2. The van der Waals surface area contributed by atoms with Crippen molar-refractivity contribution in [3.8, 4) is 0 Å². The summed E-state index contributed by atoms with van der Waals surface area (Å²) in [5.74, 6) is 0. The van der Waals surface area contributed by atoms with E-state index < -0.39 is 0 Å². The van der Waals surface area contributed by atoms with Crippen LogP contribution in [-0.2, 0) is 6.54 Å². The molecule has 0 aliphatic rings. The summed E-state index contributed by atoms with van der Waals surface area (Å²) >= 11 is 0. The summed E-state index contributed by atoms with van der Waals surface area (Å²) in [6.45, 7) is 9.97. The second kappa shape index (κ2) is 7.46. The lowest BCUT2D eigenvalue weighted by molar-refractivity contribution is 0.244. The van der Waals surface area contributed by atoms with Gasteiger partial charge in [-0.05, 0) is 58.4 Å². The van der Waals surface area contributed by atoms with Gasteiger partial charge in [0.05, 0.1) is 17.6 Å². The van der Waals surface area contributed by atoms with E-state index in [0.29, 0.717) is 23.4 Å². The van der Waals surface area contributed by atoms with Crippen molar-refractivity contribution in [2.24, 2.45) is 0 Å². The second-order valence-electron chi connectivity index (χ2n) is 8.11. The van der Waals surface area contributed by atoms with Gasteiger partial charge in [0.2, 0.25) is 0 Å². The van der Waals surface area contributed by atoms with Gasteiger partial charge in [-0.2, -0.15) is 0 Å². The van der Waals surface area contributed by atoms with Gasteiger partial charge in [-0.1, -0.05) is 29.8 Å². The molecule has 0 saturated heterocycles. The zero-order valence-corrected chi connectivity index (χ0v) is 17.0. The Bertz CT molecular complexity index is 1090. The van der Waals surface area contributed by atoms with Crippen LogP contribution >= 0.6 is 0 Å². The Labute approximate surface area is 164 Å².